The smallest absolute Gasteiger partial charge is 0.317 e. The number of piperidine rings is 1. The van der Waals surface area contributed by atoms with E-state index in [9.17, 15) is 13.2 Å². The zero-order chi connectivity index (χ0) is 16.2. The number of nitrogens with one attached hydrogen (secondary N) is 2. The maximum Gasteiger partial charge on any atom is 0.317 e. The number of hydrogen-bond donors (Lipinski definition) is 2. The molecular formula is C15H23N3O3S. The van der Waals surface area contributed by atoms with E-state index in [1.54, 1.807) is 12.1 Å². The minimum absolute atomic E-state index is 0.0564. The summed E-state index contributed by atoms with van der Waals surface area (Å²) in [4.78, 5) is 14.2. The largest absolute Gasteiger partial charge is 0.334 e. The quantitative estimate of drug-likeness (QED) is 0.884. The summed E-state index contributed by atoms with van der Waals surface area (Å²) in [5.41, 5.74) is 0.869. The maximum absolute atomic E-state index is 12.2. The average molecular weight is 325 g/mol. The molecule has 22 heavy (non-hydrogen) atoms. The van der Waals surface area contributed by atoms with Gasteiger partial charge in [0.1, 0.15) is 0 Å². The monoisotopic (exact) mass is 325 g/mol. The Morgan fingerprint density at radius 3 is 2.55 bits per heavy atom. The highest BCUT2D eigenvalue weighted by Crippen LogP contribution is 2.16. The summed E-state index contributed by atoms with van der Waals surface area (Å²) in [7, 11) is -2.04. The molecule has 1 aromatic carbocycles. The van der Waals surface area contributed by atoms with Crippen molar-refractivity contribution in [3.8, 4) is 0 Å². The van der Waals surface area contributed by atoms with Crippen LogP contribution in [0.25, 0.3) is 0 Å². The molecule has 2 N–H and O–H groups in total. The minimum atomic E-state index is -3.42. The Morgan fingerprint density at radius 1 is 1.27 bits per heavy atom. The van der Waals surface area contributed by atoms with Crippen LogP contribution in [-0.2, 0) is 16.6 Å². The molecule has 6 nitrogen and oxygen atoms in total. The fourth-order valence-electron chi connectivity index (χ4n) is 2.58. The summed E-state index contributed by atoms with van der Waals surface area (Å²) in [6, 6.07) is 6.72. The van der Waals surface area contributed by atoms with Crippen molar-refractivity contribution in [2.24, 2.45) is 0 Å². The molecule has 1 atom stereocenters. The van der Waals surface area contributed by atoms with Crippen molar-refractivity contribution in [3.05, 3.63) is 29.8 Å². The van der Waals surface area contributed by atoms with Crippen LogP contribution in [0.1, 0.15) is 31.7 Å². The zero-order valence-electron chi connectivity index (χ0n) is 13.0. The Morgan fingerprint density at radius 2 is 1.95 bits per heavy atom. The molecule has 0 radical (unpaired) electrons. The van der Waals surface area contributed by atoms with Crippen molar-refractivity contribution in [3.63, 3.8) is 0 Å². The summed E-state index contributed by atoms with van der Waals surface area (Å²) in [6.07, 6.45) is 3.27. The van der Waals surface area contributed by atoms with Crippen LogP contribution in [-0.4, -0.2) is 39.0 Å². The molecule has 0 aliphatic carbocycles. The van der Waals surface area contributed by atoms with Gasteiger partial charge in [0.25, 0.3) is 0 Å². The lowest BCUT2D eigenvalue weighted by Crippen LogP contribution is -2.47. The number of nitrogens with zero attached hydrogens (tertiary/aromatic N) is 1. The number of carbonyl (C=O) groups excluding carboxylic acids is 1. The zero-order valence-corrected chi connectivity index (χ0v) is 13.8. The lowest BCUT2D eigenvalue weighted by Gasteiger charge is -2.33. The van der Waals surface area contributed by atoms with E-state index in [1.165, 1.54) is 25.6 Å². The molecule has 2 amide bonds. The number of rotatable bonds is 4. The fraction of sp³-hybridized carbons (Fsp3) is 0.533. The number of carbonyl (C=O) groups is 1. The second-order valence-corrected chi connectivity index (χ2v) is 7.43. The van der Waals surface area contributed by atoms with Gasteiger partial charge in [0.15, 0.2) is 0 Å². The Labute approximate surface area is 131 Å². The van der Waals surface area contributed by atoms with Crippen molar-refractivity contribution in [1.29, 1.82) is 0 Å². The van der Waals surface area contributed by atoms with E-state index in [0.29, 0.717) is 6.54 Å². The van der Waals surface area contributed by atoms with Gasteiger partial charge in [0, 0.05) is 19.1 Å². The molecule has 1 fully saturated rings. The van der Waals surface area contributed by atoms with Crippen LogP contribution >= 0.6 is 0 Å². The van der Waals surface area contributed by atoms with Gasteiger partial charge in [-0.2, -0.15) is 0 Å². The average Bonchev–Trinajstić information content (AvgIpc) is 2.53. The molecule has 0 saturated carbocycles. The minimum Gasteiger partial charge on any atom is -0.334 e. The van der Waals surface area contributed by atoms with Crippen molar-refractivity contribution < 1.29 is 13.2 Å². The third-order valence-electron chi connectivity index (χ3n) is 4.01. The first-order valence-electron chi connectivity index (χ1n) is 7.51. The second-order valence-electron chi connectivity index (χ2n) is 5.55. The number of amides is 2. The van der Waals surface area contributed by atoms with Crippen LogP contribution in [0.5, 0.6) is 0 Å². The number of sulfonamides is 1. The molecule has 1 aromatic rings. The van der Waals surface area contributed by atoms with Crippen molar-refractivity contribution in [2.75, 3.05) is 13.6 Å². The fourth-order valence-corrected chi connectivity index (χ4v) is 3.31. The third-order valence-corrected chi connectivity index (χ3v) is 5.44. The van der Waals surface area contributed by atoms with Crippen LogP contribution < -0.4 is 10.0 Å². The van der Waals surface area contributed by atoms with Gasteiger partial charge >= 0.3 is 6.03 Å². The normalized spacial score (nSPS) is 19.0. The van der Waals surface area contributed by atoms with E-state index in [-0.39, 0.29) is 17.0 Å². The highest BCUT2D eigenvalue weighted by molar-refractivity contribution is 7.89. The van der Waals surface area contributed by atoms with Crippen LogP contribution in [0, 0.1) is 0 Å². The first-order valence-corrected chi connectivity index (χ1v) is 8.99. The first-order chi connectivity index (χ1) is 10.4. The van der Waals surface area contributed by atoms with Gasteiger partial charge in [-0.05, 0) is 50.9 Å². The van der Waals surface area contributed by atoms with Gasteiger partial charge in [-0.1, -0.05) is 12.1 Å². The summed E-state index contributed by atoms with van der Waals surface area (Å²) < 4.78 is 25.5. The predicted octanol–water partition coefficient (Wildman–Crippen LogP) is 1.68. The molecular weight excluding hydrogens is 302 g/mol. The topological polar surface area (TPSA) is 78.5 Å². The summed E-state index contributed by atoms with van der Waals surface area (Å²) in [5.74, 6) is 0. The number of likely N-dealkylation sites (tertiary alicyclic amines) is 1. The molecule has 0 spiro atoms. The molecule has 1 aliphatic heterocycles. The van der Waals surface area contributed by atoms with E-state index in [1.807, 2.05) is 4.90 Å². The predicted molar refractivity (Wildman–Crippen MR) is 84.9 cm³/mol. The molecule has 2 rings (SSSR count). The van der Waals surface area contributed by atoms with Crippen molar-refractivity contribution in [2.45, 2.75) is 43.7 Å². The summed E-state index contributed by atoms with van der Waals surface area (Å²) >= 11 is 0. The van der Waals surface area contributed by atoms with Crippen molar-refractivity contribution >= 4 is 16.1 Å². The number of urea groups is 1. The van der Waals surface area contributed by atoms with E-state index < -0.39 is 10.0 Å². The molecule has 1 heterocycles. The van der Waals surface area contributed by atoms with Gasteiger partial charge in [-0.15, -0.1) is 0 Å². The lowest BCUT2D eigenvalue weighted by molar-refractivity contribution is 0.158. The van der Waals surface area contributed by atoms with Gasteiger partial charge in [-0.25, -0.2) is 17.9 Å². The summed E-state index contributed by atoms with van der Waals surface area (Å²) in [6.45, 7) is 3.25. The standard InChI is InChI=1S/C15H23N3O3S/c1-12-5-3-4-10-18(12)15(19)17-11-13-6-8-14(9-7-13)22(20,21)16-2/h6-9,12,16H,3-5,10-11H2,1-2H3,(H,17,19)/t12-/m0/s1. The van der Waals surface area contributed by atoms with E-state index in [0.717, 1.165) is 24.9 Å². The molecule has 1 aliphatic rings. The first kappa shape index (κ1) is 16.8. The van der Waals surface area contributed by atoms with Crippen molar-refractivity contribution in [1.82, 2.24) is 14.9 Å². The van der Waals surface area contributed by atoms with Gasteiger partial charge in [-0.3, -0.25) is 0 Å². The SMILES string of the molecule is CNS(=O)(=O)c1ccc(CNC(=O)N2CCCC[C@@H]2C)cc1. The van der Waals surface area contributed by atoms with E-state index in [4.69, 9.17) is 0 Å². The van der Waals surface area contributed by atoms with Crippen LogP contribution in [0.2, 0.25) is 0 Å². The maximum atomic E-state index is 12.2. The highest BCUT2D eigenvalue weighted by Gasteiger charge is 2.22. The Balaban J connectivity index is 1.93. The Kier molecular flexibility index (Phi) is 5.42. The third kappa shape index (κ3) is 3.98. The molecule has 0 aromatic heterocycles. The molecule has 0 bridgehead atoms. The molecule has 0 unspecified atom stereocenters. The Hall–Kier alpha value is -1.60. The summed E-state index contributed by atoms with van der Waals surface area (Å²) in [5, 5.41) is 2.89. The van der Waals surface area contributed by atoms with Gasteiger partial charge in [0.05, 0.1) is 4.90 Å². The van der Waals surface area contributed by atoms with E-state index >= 15 is 0 Å². The van der Waals surface area contributed by atoms with Crippen LogP contribution in [0.3, 0.4) is 0 Å². The lowest BCUT2D eigenvalue weighted by atomic mass is 10.0. The second kappa shape index (κ2) is 7.11. The number of hydrogen-bond acceptors (Lipinski definition) is 3. The molecule has 1 saturated heterocycles. The Bertz CT molecular complexity index is 613. The van der Waals surface area contributed by atoms with E-state index in [2.05, 4.69) is 17.0 Å². The van der Waals surface area contributed by atoms with Gasteiger partial charge < -0.3 is 10.2 Å². The van der Waals surface area contributed by atoms with Gasteiger partial charge in [0.2, 0.25) is 10.0 Å². The highest BCUT2D eigenvalue weighted by atomic mass is 32.2. The molecule has 122 valence electrons. The van der Waals surface area contributed by atoms with Crippen LogP contribution in [0.4, 0.5) is 4.79 Å². The number of benzene rings is 1. The van der Waals surface area contributed by atoms with Crippen LogP contribution in [0.15, 0.2) is 29.2 Å². The molecule has 7 heteroatoms.